The van der Waals surface area contributed by atoms with Crippen molar-refractivity contribution in [1.29, 1.82) is 0 Å². The van der Waals surface area contributed by atoms with Gasteiger partial charge in [0.25, 0.3) is 11.7 Å². The van der Waals surface area contributed by atoms with E-state index < -0.39 is 17.9 Å². The van der Waals surface area contributed by atoms with E-state index in [-0.39, 0.29) is 5.82 Å². The summed E-state index contributed by atoms with van der Waals surface area (Å²) in [5, 5.41) is 21.1. The maximum absolute atomic E-state index is 11.6. The van der Waals surface area contributed by atoms with E-state index in [1.54, 1.807) is 6.92 Å². The molecule has 0 bridgehead atoms. The largest absolute Gasteiger partial charge is 0.480 e. The number of carboxylic acids is 1. The molecule has 1 heterocycles. The standard InChI is InChI=1S/C7H11N5O3/c1-3-4(7(14)15)12(2)6(13)5-8-10-11-9-5/h4H,3H2,1-2H3,(H,14,15)(H,8,9,10,11). The zero-order valence-corrected chi connectivity index (χ0v) is 8.34. The van der Waals surface area contributed by atoms with Gasteiger partial charge >= 0.3 is 5.97 Å². The molecule has 0 aliphatic rings. The van der Waals surface area contributed by atoms with E-state index in [4.69, 9.17) is 5.11 Å². The van der Waals surface area contributed by atoms with Gasteiger partial charge in [-0.05, 0) is 11.6 Å². The van der Waals surface area contributed by atoms with Gasteiger partial charge in [-0.15, -0.1) is 10.2 Å². The van der Waals surface area contributed by atoms with Crippen LogP contribution in [-0.2, 0) is 4.79 Å². The second-order valence-electron chi connectivity index (χ2n) is 2.91. The average Bonchev–Trinajstić information content (AvgIpc) is 2.69. The molecule has 2 N–H and O–H groups in total. The molecule has 15 heavy (non-hydrogen) atoms. The van der Waals surface area contributed by atoms with Gasteiger partial charge in [0.1, 0.15) is 6.04 Å². The predicted molar refractivity (Wildman–Crippen MR) is 48.0 cm³/mol. The Balaban J connectivity index is 2.80. The zero-order valence-electron chi connectivity index (χ0n) is 8.34. The number of hydrogen-bond donors (Lipinski definition) is 2. The van der Waals surface area contributed by atoms with Crippen molar-refractivity contribution in [2.24, 2.45) is 0 Å². The molecule has 1 aromatic heterocycles. The maximum Gasteiger partial charge on any atom is 0.326 e. The van der Waals surface area contributed by atoms with E-state index in [0.29, 0.717) is 6.42 Å². The number of likely N-dealkylation sites (N-methyl/N-ethyl adjacent to an activating group) is 1. The highest BCUT2D eigenvalue weighted by Crippen LogP contribution is 2.05. The van der Waals surface area contributed by atoms with Crippen molar-refractivity contribution in [3.63, 3.8) is 0 Å². The molecule has 1 amide bonds. The Morgan fingerprint density at radius 2 is 2.27 bits per heavy atom. The van der Waals surface area contributed by atoms with Crippen molar-refractivity contribution in [2.45, 2.75) is 19.4 Å². The number of aliphatic carboxylic acids is 1. The molecule has 1 rings (SSSR count). The average molecular weight is 213 g/mol. The lowest BCUT2D eigenvalue weighted by atomic mass is 10.2. The molecule has 0 spiro atoms. The summed E-state index contributed by atoms with van der Waals surface area (Å²) in [7, 11) is 1.39. The van der Waals surface area contributed by atoms with Crippen molar-refractivity contribution in [3.05, 3.63) is 5.82 Å². The van der Waals surface area contributed by atoms with Crippen LogP contribution in [0.2, 0.25) is 0 Å². The third-order valence-corrected chi connectivity index (χ3v) is 2.00. The smallest absolute Gasteiger partial charge is 0.326 e. The van der Waals surface area contributed by atoms with Crippen LogP contribution in [0.5, 0.6) is 0 Å². The minimum atomic E-state index is -1.06. The summed E-state index contributed by atoms with van der Waals surface area (Å²) in [5.41, 5.74) is 0. The fourth-order valence-corrected chi connectivity index (χ4v) is 1.17. The molecule has 8 nitrogen and oxygen atoms in total. The first kappa shape index (κ1) is 11.1. The Morgan fingerprint density at radius 1 is 1.60 bits per heavy atom. The maximum atomic E-state index is 11.6. The van der Waals surface area contributed by atoms with Crippen LogP contribution in [0.15, 0.2) is 0 Å². The van der Waals surface area contributed by atoms with Crippen LogP contribution < -0.4 is 0 Å². The lowest BCUT2D eigenvalue weighted by Gasteiger charge is -2.21. The SMILES string of the molecule is CCC(C(=O)O)N(C)C(=O)c1nn[nH]n1. The summed E-state index contributed by atoms with van der Waals surface area (Å²) in [6.07, 6.45) is 0.315. The number of amides is 1. The van der Waals surface area contributed by atoms with Crippen LogP contribution in [0, 0.1) is 0 Å². The second kappa shape index (κ2) is 4.49. The third-order valence-electron chi connectivity index (χ3n) is 2.00. The molecular weight excluding hydrogens is 202 g/mol. The van der Waals surface area contributed by atoms with E-state index in [0.717, 1.165) is 4.90 Å². The molecule has 0 fully saturated rings. The highest BCUT2D eigenvalue weighted by Gasteiger charge is 2.27. The van der Waals surface area contributed by atoms with Gasteiger partial charge in [0.15, 0.2) is 0 Å². The van der Waals surface area contributed by atoms with Gasteiger partial charge in [0, 0.05) is 7.05 Å². The molecule has 0 aromatic carbocycles. The first-order valence-electron chi connectivity index (χ1n) is 4.31. The van der Waals surface area contributed by atoms with Crippen molar-refractivity contribution in [3.8, 4) is 0 Å². The number of rotatable bonds is 4. The van der Waals surface area contributed by atoms with E-state index in [1.165, 1.54) is 7.05 Å². The van der Waals surface area contributed by atoms with Gasteiger partial charge < -0.3 is 10.0 Å². The number of hydrogen-bond acceptors (Lipinski definition) is 5. The number of carbonyl (C=O) groups is 2. The fraction of sp³-hybridized carbons (Fsp3) is 0.571. The first-order chi connectivity index (χ1) is 7.07. The van der Waals surface area contributed by atoms with Crippen molar-refractivity contribution in [2.75, 3.05) is 7.05 Å². The van der Waals surface area contributed by atoms with Crippen LogP contribution >= 0.6 is 0 Å². The monoisotopic (exact) mass is 213 g/mol. The van der Waals surface area contributed by atoms with Crippen molar-refractivity contribution in [1.82, 2.24) is 25.5 Å². The van der Waals surface area contributed by atoms with E-state index in [2.05, 4.69) is 20.6 Å². The van der Waals surface area contributed by atoms with E-state index in [1.807, 2.05) is 0 Å². The van der Waals surface area contributed by atoms with Gasteiger partial charge in [0.05, 0.1) is 0 Å². The van der Waals surface area contributed by atoms with Gasteiger partial charge in [-0.2, -0.15) is 5.21 Å². The molecule has 0 saturated carbocycles. The molecule has 0 aliphatic heterocycles. The van der Waals surface area contributed by atoms with Gasteiger partial charge in [-0.25, -0.2) is 4.79 Å². The number of H-pyrrole nitrogens is 1. The molecule has 82 valence electrons. The highest BCUT2D eigenvalue weighted by atomic mass is 16.4. The van der Waals surface area contributed by atoms with Crippen LogP contribution in [0.25, 0.3) is 0 Å². The Hall–Kier alpha value is -1.99. The summed E-state index contributed by atoms with van der Waals surface area (Å²) in [4.78, 5) is 23.5. The molecule has 1 aromatic rings. The summed E-state index contributed by atoms with van der Waals surface area (Å²) in [6.45, 7) is 1.68. The fourth-order valence-electron chi connectivity index (χ4n) is 1.17. The number of nitrogens with one attached hydrogen (secondary N) is 1. The number of tetrazole rings is 1. The third kappa shape index (κ3) is 2.27. The molecule has 8 heteroatoms. The van der Waals surface area contributed by atoms with Crippen LogP contribution in [0.4, 0.5) is 0 Å². The Labute approximate surface area is 85.3 Å². The summed E-state index contributed by atoms with van der Waals surface area (Å²) in [6, 6.07) is -0.879. The minimum Gasteiger partial charge on any atom is -0.480 e. The van der Waals surface area contributed by atoms with Crippen molar-refractivity contribution < 1.29 is 14.7 Å². The van der Waals surface area contributed by atoms with Crippen molar-refractivity contribution >= 4 is 11.9 Å². The van der Waals surface area contributed by atoms with Gasteiger partial charge in [-0.1, -0.05) is 6.92 Å². The Bertz CT molecular complexity index is 350. The highest BCUT2D eigenvalue weighted by molar-refractivity contribution is 5.93. The van der Waals surface area contributed by atoms with Crippen LogP contribution in [-0.4, -0.2) is 55.6 Å². The predicted octanol–water partition coefficient (Wildman–Crippen LogP) is -0.865. The second-order valence-corrected chi connectivity index (χ2v) is 2.91. The van der Waals surface area contributed by atoms with Gasteiger partial charge in [-0.3, -0.25) is 4.79 Å². The normalized spacial score (nSPS) is 12.1. The quantitative estimate of drug-likeness (QED) is 0.672. The number of carbonyl (C=O) groups excluding carboxylic acids is 1. The molecule has 0 aliphatic carbocycles. The zero-order chi connectivity index (χ0) is 11.4. The Morgan fingerprint density at radius 3 is 2.67 bits per heavy atom. The molecular formula is C7H11N5O3. The summed E-state index contributed by atoms with van der Waals surface area (Å²) >= 11 is 0. The van der Waals surface area contributed by atoms with E-state index in [9.17, 15) is 9.59 Å². The van der Waals surface area contributed by atoms with E-state index >= 15 is 0 Å². The molecule has 0 saturated heterocycles. The molecule has 1 atom stereocenters. The first-order valence-corrected chi connectivity index (χ1v) is 4.31. The topological polar surface area (TPSA) is 112 Å². The molecule has 1 unspecified atom stereocenters. The summed E-state index contributed by atoms with van der Waals surface area (Å²) < 4.78 is 0. The number of carboxylic acid groups (broad SMARTS) is 1. The van der Waals surface area contributed by atoms with Crippen LogP contribution in [0.1, 0.15) is 24.0 Å². The number of nitrogens with zero attached hydrogens (tertiary/aromatic N) is 4. The number of aromatic amines is 1. The lowest BCUT2D eigenvalue weighted by Crippen LogP contribution is -2.42. The number of aromatic nitrogens is 4. The minimum absolute atomic E-state index is 0.141. The Kier molecular flexibility index (Phi) is 3.32. The lowest BCUT2D eigenvalue weighted by molar-refractivity contribution is -0.142. The van der Waals surface area contributed by atoms with Crippen LogP contribution in [0.3, 0.4) is 0 Å². The van der Waals surface area contributed by atoms with Gasteiger partial charge in [0.2, 0.25) is 0 Å². The molecule has 0 radical (unpaired) electrons. The summed E-state index contributed by atoms with van der Waals surface area (Å²) in [5.74, 6) is -1.77.